The molecule has 0 aromatic heterocycles. The molecule has 144 valence electrons. The first-order valence-corrected chi connectivity index (χ1v) is 9.06. The number of rotatable bonds is 5. The van der Waals surface area contributed by atoms with Crippen LogP contribution in [0.1, 0.15) is 12.0 Å². The molecule has 1 atom stereocenters. The highest BCUT2D eigenvalue weighted by Crippen LogP contribution is 2.26. The van der Waals surface area contributed by atoms with Crippen LogP contribution in [0.5, 0.6) is 0 Å². The van der Waals surface area contributed by atoms with Crippen LogP contribution in [-0.2, 0) is 9.59 Å². The summed E-state index contributed by atoms with van der Waals surface area (Å²) in [6, 6.07) is 9.99. The molecule has 8 nitrogen and oxygen atoms in total. The molecule has 28 heavy (non-hydrogen) atoms. The van der Waals surface area contributed by atoms with Crippen LogP contribution in [0.25, 0.3) is 0 Å². The number of non-ortho nitro benzene ring substituents is 1. The maximum absolute atomic E-state index is 13.6. The summed E-state index contributed by atoms with van der Waals surface area (Å²) in [7, 11) is 0. The number of amidine groups is 1. The Labute approximate surface area is 163 Å². The van der Waals surface area contributed by atoms with Gasteiger partial charge in [-0.15, -0.1) is 0 Å². The number of carbonyl (C=O) groups is 2. The van der Waals surface area contributed by atoms with Crippen molar-refractivity contribution in [3.05, 3.63) is 64.0 Å². The van der Waals surface area contributed by atoms with Crippen LogP contribution in [-0.4, -0.2) is 27.2 Å². The molecular formula is C18H15FN4O4S. The Morgan fingerprint density at radius 3 is 2.86 bits per heavy atom. The quantitative estimate of drug-likeness (QED) is 0.588. The summed E-state index contributed by atoms with van der Waals surface area (Å²) in [5.74, 6) is -1.25. The lowest BCUT2D eigenvalue weighted by molar-refractivity contribution is -0.384. The second-order valence-corrected chi connectivity index (χ2v) is 7.20. The number of anilines is 1. The molecule has 0 saturated carbocycles. The number of carbonyl (C=O) groups excluding carboxylic acids is 2. The number of hydrogen-bond acceptors (Lipinski definition) is 6. The van der Waals surface area contributed by atoms with Gasteiger partial charge < -0.3 is 10.6 Å². The minimum Gasteiger partial charge on any atom is -0.326 e. The minimum absolute atomic E-state index is 0.138. The average molecular weight is 402 g/mol. The molecule has 0 spiro atoms. The molecule has 3 rings (SSSR count). The zero-order chi connectivity index (χ0) is 20.3. The van der Waals surface area contributed by atoms with E-state index >= 15 is 0 Å². The number of nitro benzene ring substituents is 1. The number of nitrogens with one attached hydrogen (secondary N) is 2. The highest BCUT2D eigenvalue weighted by Gasteiger charge is 2.32. The molecule has 2 aromatic carbocycles. The first-order chi connectivity index (χ1) is 13.3. The first-order valence-electron chi connectivity index (χ1n) is 8.18. The zero-order valence-electron chi connectivity index (χ0n) is 14.6. The standard InChI is InChI=1S/C18H15FN4O4S/c1-10-5-6-12(8-14(10)19)21-18-22-17(25)15(28-18)9-16(24)20-11-3-2-4-13(7-11)23(26)27/h2-8,15H,9H2,1H3,(H,20,24)(H,21,22,25)/t15-/m0/s1. The number of thioether (sulfide) groups is 1. The molecule has 2 N–H and O–H groups in total. The van der Waals surface area contributed by atoms with Crippen LogP contribution < -0.4 is 10.6 Å². The van der Waals surface area contributed by atoms with Gasteiger partial charge in [0.15, 0.2) is 5.17 Å². The second-order valence-electron chi connectivity index (χ2n) is 6.01. The fourth-order valence-electron chi connectivity index (χ4n) is 2.44. The Morgan fingerprint density at radius 2 is 2.14 bits per heavy atom. The number of aliphatic imine (C=N–C) groups is 1. The van der Waals surface area contributed by atoms with E-state index in [2.05, 4.69) is 15.6 Å². The average Bonchev–Trinajstić information content (AvgIpc) is 2.97. The summed E-state index contributed by atoms with van der Waals surface area (Å²) in [6.07, 6.45) is -0.138. The van der Waals surface area contributed by atoms with Crippen molar-refractivity contribution in [1.82, 2.24) is 5.32 Å². The molecule has 1 aliphatic rings. The highest BCUT2D eigenvalue weighted by atomic mass is 32.2. The van der Waals surface area contributed by atoms with Crippen molar-refractivity contribution in [2.24, 2.45) is 4.99 Å². The number of hydrogen-bond donors (Lipinski definition) is 2. The molecule has 0 bridgehead atoms. The van der Waals surface area contributed by atoms with E-state index in [0.29, 0.717) is 11.3 Å². The predicted molar refractivity (Wildman–Crippen MR) is 104 cm³/mol. The van der Waals surface area contributed by atoms with E-state index in [9.17, 15) is 24.1 Å². The number of aryl methyl sites for hydroxylation is 1. The van der Waals surface area contributed by atoms with Gasteiger partial charge in [-0.1, -0.05) is 23.9 Å². The summed E-state index contributed by atoms with van der Waals surface area (Å²) in [6.45, 7) is 1.63. The van der Waals surface area contributed by atoms with Gasteiger partial charge >= 0.3 is 0 Å². The largest absolute Gasteiger partial charge is 0.326 e. The molecule has 2 amide bonds. The van der Waals surface area contributed by atoms with Gasteiger partial charge in [-0.3, -0.25) is 19.7 Å². The smallest absolute Gasteiger partial charge is 0.271 e. The van der Waals surface area contributed by atoms with Gasteiger partial charge in [0.25, 0.3) is 5.69 Å². The van der Waals surface area contributed by atoms with Crippen LogP contribution in [0, 0.1) is 22.9 Å². The number of benzene rings is 2. The molecule has 0 unspecified atom stereocenters. The molecule has 2 aromatic rings. The lowest BCUT2D eigenvalue weighted by atomic mass is 10.2. The van der Waals surface area contributed by atoms with Crippen molar-refractivity contribution in [2.75, 3.05) is 5.32 Å². The van der Waals surface area contributed by atoms with E-state index in [0.717, 1.165) is 11.8 Å². The fraction of sp³-hybridized carbons (Fsp3) is 0.167. The maximum Gasteiger partial charge on any atom is 0.271 e. The summed E-state index contributed by atoms with van der Waals surface area (Å²) >= 11 is 1.07. The van der Waals surface area contributed by atoms with E-state index in [1.807, 2.05) is 0 Å². The normalized spacial score (nSPS) is 17.4. The highest BCUT2D eigenvalue weighted by molar-refractivity contribution is 8.15. The van der Waals surface area contributed by atoms with Crippen LogP contribution in [0.15, 0.2) is 47.5 Å². The van der Waals surface area contributed by atoms with E-state index < -0.39 is 21.9 Å². The van der Waals surface area contributed by atoms with Gasteiger partial charge in [0, 0.05) is 24.2 Å². The Hall–Kier alpha value is -3.27. The summed E-state index contributed by atoms with van der Waals surface area (Å²) < 4.78 is 13.6. The minimum atomic E-state index is -0.701. The Bertz CT molecular complexity index is 995. The lowest BCUT2D eigenvalue weighted by Crippen LogP contribution is -2.28. The van der Waals surface area contributed by atoms with E-state index in [-0.39, 0.29) is 28.9 Å². The van der Waals surface area contributed by atoms with Crippen molar-refractivity contribution in [2.45, 2.75) is 18.6 Å². The van der Waals surface area contributed by atoms with Gasteiger partial charge in [0.1, 0.15) is 11.1 Å². The molecule has 1 fully saturated rings. The van der Waals surface area contributed by atoms with E-state index in [1.54, 1.807) is 19.1 Å². The van der Waals surface area contributed by atoms with Crippen LogP contribution in [0.3, 0.4) is 0 Å². The van der Waals surface area contributed by atoms with Gasteiger partial charge in [-0.05, 0) is 30.7 Å². The predicted octanol–water partition coefficient (Wildman–Crippen LogP) is 3.29. The van der Waals surface area contributed by atoms with Gasteiger partial charge in [0.2, 0.25) is 11.8 Å². The number of nitrogens with zero attached hydrogens (tertiary/aromatic N) is 2. The molecular weight excluding hydrogens is 387 g/mol. The van der Waals surface area contributed by atoms with E-state index in [1.165, 1.54) is 30.3 Å². The van der Waals surface area contributed by atoms with E-state index in [4.69, 9.17) is 0 Å². The zero-order valence-corrected chi connectivity index (χ0v) is 15.5. The summed E-state index contributed by atoms with van der Waals surface area (Å²) in [5, 5.41) is 15.5. The third kappa shape index (κ3) is 4.71. The number of amides is 2. The number of halogens is 1. The third-order valence-electron chi connectivity index (χ3n) is 3.87. The van der Waals surface area contributed by atoms with Crippen LogP contribution in [0.2, 0.25) is 0 Å². The van der Waals surface area contributed by atoms with Gasteiger partial charge in [0.05, 0.1) is 10.6 Å². The fourth-order valence-corrected chi connectivity index (χ4v) is 3.43. The molecule has 1 heterocycles. The van der Waals surface area contributed by atoms with Crippen molar-refractivity contribution in [3.63, 3.8) is 0 Å². The Balaban J connectivity index is 1.63. The van der Waals surface area contributed by atoms with Crippen molar-refractivity contribution in [3.8, 4) is 0 Å². The third-order valence-corrected chi connectivity index (χ3v) is 4.96. The lowest BCUT2D eigenvalue weighted by Gasteiger charge is -2.07. The first kappa shape index (κ1) is 19.5. The van der Waals surface area contributed by atoms with Gasteiger partial charge in [-0.2, -0.15) is 0 Å². The monoisotopic (exact) mass is 402 g/mol. The van der Waals surface area contributed by atoms with Gasteiger partial charge in [-0.25, -0.2) is 9.38 Å². The summed E-state index contributed by atoms with van der Waals surface area (Å²) in [4.78, 5) is 38.7. The summed E-state index contributed by atoms with van der Waals surface area (Å²) in [5.41, 5.74) is 0.965. The Kier molecular flexibility index (Phi) is 5.69. The topological polar surface area (TPSA) is 114 Å². The SMILES string of the molecule is Cc1ccc(N=C2NC(=O)[C@H](CC(=O)Nc3cccc([N+](=O)[O-])c3)S2)cc1F. The molecule has 10 heteroatoms. The van der Waals surface area contributed by atoms with Crippen LogP contribution in [0.4, 0.5) is 21.5 Å². The van der Waals surface area contributed by atoms with Crippen LogP contribution >= 0.6 is 11.8 Å². The number of nitro groups is 1. The maximum atomic E-state index is 13.6. The molecule has 0 aliphatic carbocycles. The van der Waals surface area contributed by atoms with Crippen molar-refractivity contribution < 1.29 is 18.9 Å². The van der Waals surface area contributed by atoms with Crippen molar-refractivity contribution >= 4 is 45.8 Å². The molecule has 1 aliphatic heterocycles. The Morgan fingerprint density at radius 1 is 1.36 bits per heavy atom. The molecule has 0 radical (unpaired) electrons. The second kappa shape index (κ2) is 8.17. The van der Waals surface area contributed by atoms with Crippen molar-refractivity contribution in [1.29, 1.82) is 0 Å². The molecule has 1 saturated heterocycles.